The lowest BCUT2D eigenvalue weighted by atomic mass is 10.1. The normalized spacial score (nSPS) is 19.3. The van der Waals surface area contributed by atoms with Gasteiger partial charge in [0.05, 0.1) is 11.4 Å². The maximum absolute atomic E-state index is 12.8. The number of hydrogen-bond donors (Lipinski definition) is 1. The van der Waals surface area contributed by atoms with Crippen LogP contribution in [0.25, 0.3) is 0 Å². The van der Waals surface area contributed by atoms with Gasteiger partial charge in [-0.25, -0.2) is 0 Å². The van der Waals surface area contributed by atoms with Crippen molar-refractivity contribution in [3.05, 3.63) is 23.8 Å². The molecule has 2 fully saturated rings. The quantitative estimate of drug-likeness (QED) is 0.670. The summed E-state index contributed by atoms with van der Waals surface area (Å²) in [6.07, 6.45) is 5.52. The molecule has 4 rings (SSSR count). The minimum Gasteiger partial charge on any atom is -0.355 e. The van der Waals surface area contributed by atoms with E-state index in [4.69, 9.17) is 0 Å². The van der Waals surface area contributed by atoms with Crippen molar-refractivity contribution in [3.8, 4) is 0 Å². The Kier molecular flexibility index (Phi) is 6.94. The number of anilines is 1. The molecule has 8 heteroatoms. The van der Waals surface area contributed by atoms with Gasteiger partial charge in [-0.15, -0.1) is 11.8 Å². The molecular formula is C22H30N4O3S. The first-order valence-corrected chi connectivity index (χ1v) is 12.0. The molecule has 0 aliphatic carbocycles. The van der Waals surface area contributed by atoms with Gasteiger partial charge >= 0.3 is 0 Å². The van der Waals surface area contributed by atoms with E-state index in [1.165, 1.54) is 29.5 Å². The van der Waals surface area contributed by atoms with E-state index in [2.05, 4.69) is 10.2 Å². The SMILES string of the molecule is O=C(CN1C(=O)CSc2ccc(C(=O)N3CCCC3)cc21)NCCCN1CCCC1. The highest BCUT2D eigenvalue weighted by molar-refractivity contribution is 8.00. The van der Waals surface area contributed by atoms with Crippen molar-refractivity contribution in [2.75, 3.05) is 56.5 Å². The fourth-order valence-corrected chi connectivity index (χ4v) is 5.26. The van der Waals surface area contributed by atoms with Gasteiger partial charge in [0.2, 0.25) is 11.8 Å². The Bertz CT molecular complexity index is 804. The van der Waals surface area contributed by atoms with Gasteiger partial charge in [0.15, 0.2) is 0 Å². The molecule has 1 aromatic carbocycles. The van der Waals surface area contributed by atoms with Crippen molar-refractivity contribution in [2.24, 2.45) is 0 Å². The van der Waals surface area contributed by atoms with Crippen LogP contribution in [0.15, 0.2) is 23.1 Å². The van der Waals surface area contributed by atoms with E-state index in [-0.39, 0.29) is 24.3 Å². The molecule has 3 aliphatic rings. The molecular weight excluding hydrogens is 400 g/mol. The molecule has 0 unspecified atom stereocenters. The highest BCUT2D eigenvalue weighted by Gasteiger charge is 2.28. The van der Waals surface area contributed by atoms with Crippen LogP contribution in [0.4, 0.5) is 5.69 Å². The fourth-order valence-electron chi connectivity index (χ4n) is 4.35. The molecule has 3 aliphatic heterocycles. The molecule has 0 radical (unpaired) electrons. The average molecular weight is 431 g/mol. The molecule has 3 amide bonds. The number of fused-ring (bicyclic) bond motifs is 1. The molecule has 3 heterocycles. The van der Waals surface area contributed by atoms with Gasteiger partial charge in [-0.2, -0.15) is 0 Å². The maximum atomic E-state index is 12.8. The van der Waals surface area contributed by atoms with Crippen LogP contribution in [-0.4, -0.2) is 79.1 Å². The second kappa shape index (κ2) is 9.83. The van der Waals surface area contributed by atoms with Gasteiger partial charge < -0.3 is 20.0 Å². The summed E-state index contributed by atoms with van der Waals surface area (Å²) < 4.78 is 0. The van der Waals surface area contributed by atoms with E-state index in [1.807, 2.05) is 17.0 Å². The van der Waals surface area contributed by atoms with Crippen LogP contribution in [0.2, 0.25) is 0 Å². The van der Waals surface area contributed by atoms with E-state index in [9.17, 15) is 14.4 Å². The maximum Gasteiger partial charge on any atom is 0.253 e. The standard InChI is InChI=1S/C22H30N4O3S/c27-20(23-8-5-11-24-9-1-2-10-24)15-26-18-14-17(22(29)25-12-3-4-13-25)6-7-19(18)30-16-21(26)28/h6-7,14H,1-5,8-13,15-16H2,(H,23,27). The fraction of sp³-hybridized carbons (Fsp3) is 0.591. The summed E-state index contributed by atoms with van der Waals surface area (Å²) in [6, 6.07) is 5.51. The topological polar surface area (TPSA) is 73.0 Å². The smallest absolute Gasteiger partial charge is 0.253 e. The van der Waals surface area contributed by atoms with Gasteiger partial charge in [0.1, 0.15) is 6.54 Å². The highest BCUT2D eigenvalue weighted by Crippen LogP contribution is 2.36. The van der Waals surface area contributed by atoms with Crippen molar-refractivity contribution < 1.29 is 14.4 Å². The third kappa shape index (κ3) is 4.98. The monoisotopic (exact) mass is 430 g/mol. The number of carbonyl (C=O) groups excluding carboxylic acids is 3. The van der Waals surface area contributed by atoms with Crippen molar-refractivity contribution in [1.82, 2.24) is 15.1 Å². The van der Waals surface area contributed by atoms with Crippen LogP contribution in [0, 0.1) is 0 Å². The van der Waals surface area contributed by atoms with E-state index < -0.39 is 0 Å². The largest absolute Gasteiger partial charge is 0.355 e. The Balaban J connectivity index is 1.37. The summed E-state index contributed by atoms with van der Waals surface area (Å²) >= 11 is 1.46. The molecule has 0 aromatic heterocycles. The first-order chi connectivity index (χ1) is 14.6. The Morgan fingerprint density at radius 1 is 1.03 bits per heavy atom. The van der Waals surface area contributed by atoms with Crippen LogP contribution in [-0.2, 0) is 9.59 Å². The molecule has 0 bridgehead atoms. The highest BCUT2D eigenvalue weighted by atomic mass is 32.2. The van der Waals surface area contributed by atoms with Crippen molar-refractivity contribution in [1.29, 1.82) is 0 Å². The number of rotatable bonds is 7. The van der Waals surface area contributed by atoms with Gasteiger partial charge in [-0.3, -0.25) is 14.4 Å². The summed E-state index contributed by atoms with van der Waals surface area (Å²) in [4.78, 5) is 44.6. The lowest BCUT2D eigenvalue weighted by Gasteiger charge is -2.29. The number of benzene rings is 1. The summed E-state index contributed by atoms with van der Waals surface area (Å²) in [5, 5.41) is 2.95. The van der Waals surface area contributed by atoms with Crippen LogP contribution in [0.3, 0.4) is 0 Å². The summed E-state index contributed by atoms with van der Waals surface area (Å²) in [6.45, 7) is 5.50. The molecule has 0 saturated carbocycles. The van der Waals surface area contributed by atoms with Crippen molar-refractivity contribution in [3.63, 3.8) is 0 Å². The zero-order valence-corrected chi connectivity index (χ0v) is 18.2. The second-order valence-corrected chi connectivity index (χ2v) is 9.22. The Morgan fingerprint density at radius 2 is 1.77 bits per heavy atom. The predicted molar refractivity (Wildman–Crippen MR) is 118 cm³/mol. The zero-order chi connectivity index (χ0) is 20.9. The molecule has 1 aromatic rings. The number of likely N-dealkylation sites (tertiary alicyclic amines) is 2. The van der Waals surface area contributed by atoms with Gasteiger partial charge in [0.25, 0.3) is 5.91 Å². The lowest BCUT2D eigenvalue weighted by Crippen LogP contribution is -2.44. The summed E-state index contributed by atoms with van der Waals surface area (Å²) in [5.41, 5.74) is 1.26. The number of amides is 3. The molecule has 0 spiro atoms. The third-order valence-corrected chi connectivity index (χ3v) is 7.06. The molecule has 1 N–H and O–H groups in total. The van der Waals surface area contributed by atoms with Crippen molar-refractivity contribution >= 4 is 35.2 Å². The van der Waals surface area contributed by atoms with Gasteiger partial charge in [0, 0.05) is 30.1 Å². The summed E-state index contributed by atoms with van der Waals surface area (Å²) in [7, 11) is 0. The third-order valence-electron chi connectivity index (χ3n) is 6.02. The number of carbonyl (C=O) groups is 3. The van der Waals surface area contributed by atoms with Crippen LogP contribution in [0.1, 0.15) is 42.5 Å². The van der Waals surface area contributed by atoms with Gasteiger partial charge in [-0.05, 0) is 69.9 Å². The van der Waals surface area contributed by atoms with E-state index >= 15 is 0 Å². The first-order valence-electron chi connectivity index (χ1n) is 11.0. The minimum absolute atomic E-state index is 0.00251. The molecule has 162 valence electrons. The Hall–Kier alpha value is -2.06. The predicted octanol–water partition coefficient (Wildman–Crippen LogP) is 1.96. The van der Waals surface area contributed by atoms with Crippen molar-refractivity contribution in [2.45, 2.75) is 37.0 Å². The average Bonchev–Trinajstić information content (AvgIpc) is 3.47. The molecule has 30 heavy (non-hydrogen) atoms. The number of nitrogens with zero attached hydrogens (tertiary/aromatic N) is 3. The number of thioether (sulfide) groups is 1. The van der Waals surface area contributed by atoms with E-state index in [1.54, 1.807) is 6.07 Å². The molecule has 0 atom stereocenters. The van der Waals surface area contributed by atoms with E-state index in [0.29, 0.717) is 23.5 Å². The first kappa shape index (κ1) is 21.2. The van der Waals surface area contributed by atoms with Crippen LogP contribution >= 0.6 is 11.8 Å². The molecule has 7 nitrogen and oxygen atoms in total. The van der Waals surface area contributed by atoms with Crippen LogP contribution in [0.5, 0.6) is 0 Å². The second-order valence-electron chi connectivity index (χ2n) is 8.20. The number of nitrogens with one attached hydrogen (secondary N) is 1. The molecule has 2 saturated heterocycles. The van der Waals surface area contributed by atoms with Crippen LogP contribution < -0.4 is 10.2 Å². The Morgan fingerprint density at radius 3 is 2.53 bits per heavy atom. The number of hydrogen-bond acceptors (Lipinski definition) is 5. The Labute approximate surface area is 182 Å². The minimum atomic E-state index is -0.154. The van der Waals surface area contributed by atoms with Gasteiger partial charge in [-0.1, -0.05) is 0 Å². The summed E-state index contributed by atoms with van der Waals surface area (Å²) in [5.74, 6) is 0.0725. The lowest BCUT2D eigenvalue weighted by molar-refractivity contribution is -0.123. The zero-order valence-electron chi connectivity index (χ0n) is 17.4. The van der Waals surface area contributed by atoms with E-state index in [0.717, 1.165) is 56.9 Å².